The summed E-state index contributed by atoms with van der Waals surface area (Å²) in [5.74, 6) is -3.59. The van der Waals surface area contributed by atoms with Gasteiger partial charge in [-0.3, -0.25) is 4.79 Å². The molecule has 0 spiro atoms. The van der Waals surface area contributed by atoms with Crippen LogP contribution in [-0.2, 0) is 9.59 Å². The normalized spacial score (nSPS) is 26.1. The number of halogens is 2. The predicted octanol–water partition coefficient (Wildman–Crippen LogP) is 5.56. The largest absolute Gasteiger partial charge is 0.481 e. The lowest BCUT2D eigenvalue weighted by molar-refractivity contribution is -0.153. The van der Waals surface area contributed by atoms with E-state index >= 15 is 0 Å². The van der Waals surface area contributed by atoms with Gasteiger partial charge in [0.25, 0.3) is 0 Å². The van der Waals surface area contributed by atoms with E-state index in [1.807, 2.05) is 0 Å². The second-order valence-corrected chi connectivity index (χ2v) is 8.23. The van der Waals surface area contributed by atoms with Gasteiger partial charge in [-0.1, -0.05) is 43.9 Å². The van der Waals surface area contributed by atoms with E-state index in [1.165, 1.54) is 18.2 Å². The van der Waals surface area contributed by atoms with Gasteiger partial charge >= 0.3 is 11.9 Å². The Morgan fingerprint density at radius 3 is 2.39 bits per heavy atom. The second-order valence-electron chi connectivity index (χ2n) is 7.82. The summed E-state index contributed by atoms with van der Waals surface area (Å²) in [4.78, 5) is 24.7. The standard InChI is InChI=1S/C22H24ClFO4/c1-12-17(16-10-15(24)8-9-18(16)23)11-22(21(27)28,13(2)19(12)20(25)26)14-6-4-3-5-7-14/h8-11,13-14H,3-7H2,1-2H3,(H,25,26)(H,27,28). The van der Waals surface area contributed by atoms with Crippen LogP contribution < -0.4 is 0 Å². The molecule has 1 saturated carbocycles. The van der Waals surface area contributed by atoms with E-state index < -0.39 is 29.1 Å². The highest BCUT2D eigenvalue weighted by Gasteiger charge is 2.53. The van der Waals surface area contributed by atoms with Gasteiger partial charge in [0.1, 0.15) is 5.82 Å². The van der Waals surface area contributed by atoms with Gasteiger partial charge < -0.3 is 10.2 Å². The van der Waals surface area contributed by atoms with Crippen molar-refractivity contribution in [3.8, 4) is 0 Å². The second kappa shape index (κ2) is 7.70. The summed E-state index contributed by atoms with van der Waals surface area (Å²) in [7, 11) is 0. The molecular formula is C22H24ClFO4. The van der Waals surface area contributed by atoms with Crippen molar-refractivity contribution in [3.63, 3.8) is 0 Å². The van der Waals surface area contributed by atoms with E-state index in [4.69, 9.17) is 11.6 Å². The van der Waals surface area contributed by atoms with Crippen molar-refractivity contribution in [1.29, 1.82) is 0 Å². The molecule has 0 aromatic heterocycles. The summed E-state index contributed by atoms with van der Waals surface area (Å²) in [6.07, 6.45) is 5.99. The van der Waals surface area contributed by atoms with Crippen LogP contribution in [0.5, 0.6) is 0 Å². The zero-order valence-electron chi connectivity index (χ0n) is 16.0. The van der Waals surface area contributed by atoms with Gasteiger partial charge in [0, 0.05) is 22.1 Å². The highest BCUT2D eigenvalue weighted by Crippen LogP contribution is 2.54. The Labute approximate surface area is 168 Å². The van der Waals surface area contributed by atoms with Crippen LogP contribution in [0.4, 0.5) is 4.39 Å². The molecule has 28 heavy (non-hydrogen) atoms. The minimum atomic E-state index is -1.36. The Hall–Kier alpha value is -2.14. The Balaban J connectivity index is 2.30. The fourth-order valence-corrected chi connectivity index (χ4v) is 5.20. The molecule has 2 unspecified atom stereocenters. The molecule has 4 nitrogen and oxygen atoms in total. The molecule has 2 N–H and O–H groups in total. The number of carboxylic acids is 2. The molecule has 150 valence electrons. The fourth-order valence-electron chi connectivity index (χ4n) is 4.98. The highest BCUT2D eigenvalue weighted by atomic mass is 35.5. The zero-order chi connectivity index (χ0) is 20.6. The first-order valence-electron chi connectivity index (χ1n) is 9.56. The zero-order valence-corrected chi connectivity index (χ0v) is 16.7. The molecule has 1 aromatic carbocycles. The maximum atomic E-state index is 13.9. The molecule has 2 aliphatic carbocycles. The third-order valence-electron chi connectivity index (χ3n) is 6.44. The molecule has 0 aliphatic heterocycles. The van der Waals surface area contributed by atoms with Crippen molar-refractivity contribution >= 4 is 29.1 Å². The van der Waals surface area contributed by atoms with Crippen LogP contribution in [0.25, 0.3) is 5.57 Å². The summed E-state index contributed by atoms with van der Waals surface area (Å²) in [6, 6.07) is 3.86. The van der Waals surface area contributed by atoms with E-state index in [9.17, 15) is 24.2 Å². The third kappa shape index (κ3) is 3.26. The van der Waals surface area contributed by atoms with E-state index in [0.717, 1.165) is 32.1 Å². The minimum Gasteiger partial charge on any atom is -0.481 e. The van der Waals surface area contributed by atoms with Gasteiger partial charge in [-0.15, -0.1) is 0 Å². The lowest BCUT2D eigenvalue weighted by Crippen LogP contribution is -2.47. The molecule has 1 aromatic rings. The monoisotopic (exact) mass is 406 g/mol. The average molecular weight is 407 g/mol. The van der Waals surface area contributed by atoms with E-state index in [0.29, 0.717) is 16.7 Å². The summed E-state index contributed by atoms with van der Waals surface area (Å²) in [5, 5.41) is 20.5. The van der Waals surface area contributed by atoms with Crippen LogP contribution in [0.1, 0.15) is 51.5 Å². The average Bonchev–Trinajstić information content (AvgIpc) is 2.64. The van der Waals surface area contributed by atoms with Crippen molar-refractivity contribution in [3.05, 3.63) is 51.8 Å². The number of hydrogen-bond donors (Lipinski definition) is 2. The number of allylic oxidation sites excluding steroid dienone is 2. The summed E-state index contributed by atoms with van der Waals surface area (Å²) in [5.41, 5.74) is -0.149. The molecule has 0 saturated heterocycles. The van der Waals surface area contributed by atoms with E-state index in [1.54, 1.807) is 19.9 Å². The van der Waals surface area contributed by atoms with Crippen LogP contribution in [0, 0.1) is 23.1 Å². The molecule has 0 radical (unpaired) electrons. The summed E-state index contributed by atoms with van der Waals surface area (Å²) in [6.45, 7) is 3.32. The highest BCUT2D eigenvalue weighted by molar-refractivity contribution is 6.32. The molecular weight excluding hydrogens is 383 g/mol. The van der Waals surface area contributed by atoms with Crippen molar-refractivity contribution in [2.24, 2.45) is 17.3 Å². The van der Waals surface area contributed by atoms with Crippen LogP contribution in [0.3, 0.4) is 0 Å². The fraction of sp³-hybridized carbons (Fsp3) is 0.455. The lowest BCUT2D eigenvalue weighted by atomic mass is 9.57. The number of hydrogen-bond acceptors (Lipinski definition) is 2. The van der Waals surface area contributed by atoms with Crippen molar-refractivity contribution in [2.45, 2.75) is 46.0 Å². The first kappa shape index (κ1) is 20.6. The smallest absolute Gasteiger partial charge is 0.332 e. The van der Waals surface area contributed by atoms with E-state index in [2.05, 4.69) is 0 Å². The number of rotatable bonds is 4. The Morgan fingerprint density at radius 1 is 1.18 bits per heavy atom. The van der Waals surface area contributed by atoms with Crippen molar-refractivity contribution < 1.29 is 24.2 Å². The maximum absolute atomic E-state index is 13.9. The Bertz CT molecular complexity index is 883. The SMILES string of the molecule is CC1=C(C(=O)O)C(C)C(C(=O)O)(C2CCCCC2)C=C1c1cc(F)ccc1Cl. The van der Waals surface area contributed by atoms with E-state index in [-0.39, 0.29) is 16.5 Å². The van der Waals surface area contributed by atoms with Gasteiger partial charge in [-0.2, -0.15) is 0 Å². The van der Waals surface area contributed by atoms with Crippen LogP contribution in [-0.4, -0.2) is 22.2 Å². The first-order chi connectivity index (χ1) is 13.2. The molecule has 0 heterocycles. The van der Waals surface area contributed by atoms with Crippen molar-refractivity contribution in [2.75, 3.05) is 0 Å². The van der Waals surface area contributed by atoms with Crippen LogP contribution in [0.15, 0.2) is 35.4 Å². The quantitative estimate of drug-likeness (QED) is 0.685. The molecule has 6 heteroatoms. The molecule has 2 atom stereocenters. The Morgan fingerprint density at radius 2 is 1.82 bits per heavy atom. The number of carbonyl (C=O) groups is 2. The molecule has 1 fully saturated rings. The van der Waals surface area contributed by atoms with Crippen molar-refractivity contribution in [1.82, 2.24) is 0 Å². The van der Waals surface area contributed by atoms with Crippen LogP contribution >= 0.6 is 11.6 Å². The lowest BCUT2D eigenvalue weighted by Gasteiger charge is -2.45. The molecule has 2 aliphatic rings. The molecule has 0 bridgehead atoms. The van der Waals surface area contributed by atoms with Gasteiger partial charge in [0.2, 0.25) is 0 Å². The number of carboxylic acid groups (broad SMARTS) is 2. The number of benzene rings is 1. The molecule has 3 rings (SSSR count). The van der Waals surface area contributed by atoms with Crippen LogP contribution in [0.2, 0.25) is 5.02 Å². The summed E-state index contributed by atoms with van der Waals surface area (Å²) >= 11 is 6.29. The molecule has 0 amide bonds. The van der Waals surface area contributed by atoms with Gasteiger partial charge in [0.15, 0.2) is 0 Å². The van der Waals surface area contributed by atoms with Gasteiger partial charge in [-0.05, 0) is 55.0 Å². The first-order valence-corrected chi connectivity index (χ1v) is 9.94. The van der Waals surface area contributed by atoms with Gasteiger partial charge in [-0.25, -0.2) is 9.18 Å². The maximum Gasteiger partial charge on any atom is 0.332 e. The third-order valence-corrected chi connectivity index (χ3v) is 6.77. The van der Waals surface area contributed by atoms with Gasteiger partial charge in [0.05, 0.1) is 5.41 Å². The minimum absolute atomic E-state index is 0.0609. The summed E-state index contributed by atoms with van der Waals surface area (Å²) < 4.78 is 13.9. The topological polar surface area (TPSA) is 74.6 Å². The number of aliphatic carboxylic acids is 2. The Kier molecular flexibility index (Phi) is 5.67. The predicted molar refractivity (Wildman–Crippen MR) is 106 cm³/mol.